The molecule has 0 aliphatic rings. The Morgan fingerprint density at radius 1 is 1.20 bits per heavy atom. The third-order valence-electron chi connectivity index (χ3n) is 1.97. The average Bonchev–Trinajstić information content (AvgIpc) is 2.41. The Balaban J connectivity index is 2.72. The summed E-state index contributed by atoms with van der Waals surface area (Å²) in [5.41, 5.74) is 1.14. The molecule has 0 aliphatic carbocycles. The van der Waals surface area contributed by atoms with Gasteiger partial charge in [0.05, 0.1) is 18.5 Å². The molecule has 108 valence electrons. The zero-order valence-electron chi connectivity index (χ0n) is 10.8. The van der Waals surface area contributed by atoms with Crippen LogP contribution >= 0.6 is 33.8 Å². The molecule has 1 rings (SSSR count). The average molecular weight is 331 g/mol. The van der Waals surface area contributed by atoms with Crippen molar-refractivity contribution in [3.63, 3.8) is 0 Å². The lowest BCUT2D eigenvalue weighted by molar-refractivity contribution is 0.177. The van der Waals surface area contributed by atoms with Gasteiger partial charge in [0.25, 0.3) is 5.24 Å². The van der Waals surface area contributed by atoms with Crippen LogP contribution in [-0.4, -0.2) is 29.8 Å². The first kappa shape index (κ1) is 16.6. The molecule has 0 unspecified atom stereocenters. The van der Waals surface area contributed by atoms with Gasteiger partial charge in [-0.3, -0.25) is 10.1 Å². The number of ether oxygens (including phenoxy) is 1. The number of nitrogens with one attached hydrogen (secondary N) is 3. The Bertz CT molecular complexity index is 511. The fraction of sp³-hybridized carbons (Fsp3) is 0.182. The zero-order valence-corrected chi connectivity index (χ0v) is 13.2. The summed E-state index contributed by atoms with van der Waals surface area (Å²) < 4.78 is 4.43. The predicted molar refractivity (Wildman–Crippen MR) is 88.3 cm³/mol. The van der Waals surface area contributed by atoms with Gasteiger partial charge in [-0.1, -0.05) is 22.9 Å². The normalized spacial score (nSPS) is 9.50. The highest BCUT2D eigenvalue weighted by atomic mass is 33.1. The smallest absolute Gasteiger partial charge is 0.413 e. The summed E-state index contributed by atoms with van der Waals surface area (Å²) in [7, 11) is 3.67. The minimum Gasteiger partial charge on any atom is -0.453 e. The highest BCUT2D eigenvalue weighted by Gasteiger charge is 2.09. The quantitative estimate of drug-likeness (QED) is 0.579. The van der Waals surface area contributed by atoms with E-state index in [0.717, 1.165) is 10.8 Å². The van der Waals surface area contributed by atoms with Crippen LogP contribution in [0.2, 0.25) is 0 Å². The van der Waals surface area contributed by atoms with Crippen molar-refractivity contribution in [1.29, 1.82) is 0 Å². The van der Waals surface area contributed by atoms with Crippen LogP contribution in [0.15, 0.2) is 24.3 Å². The zero-order chi connectivity index (χ0) is 15.0. The molecule has 0 heterocycles. The summed E-state index contributed by atoms with van der Waals surface area (Å²) in [5.74, 6) is 0. The maximum absolute atomic E-state index is 11.6. The number of thiocarbonyl (C=S) groups is 1. The van der Waals surface area contributed by atoms with Crippen LogP contribution in [0.4, 0.5) is 21.0 Å². The van der Waals surface area contributed by atoms with E-state index in [0.29, 0.717) is 11.4 Å². The van der Waals surface area contributed by atoms with Gasteiger partial charge >= 0.3 is 6.09 Å². The second-order valence-corrected chi connectivity index (χ2v) is 6.06. The standard InChI is InChI=1S/C11H13N3O3S3/c1-17-10(15)14-9(18)12-7-5-3-4-6-8(7)13-11(16)20-19-2/h3-6H,1-2H3,(H,13,16)(H2,12,14,15,18). The van der Waals surface area contributed by atoms with Crippen LogP contribution in [0, 0.1) is 0 Å². The molecule has 1 aromatic carbocycles. The molecule has 0 bridgehead atoms. The number of methoxy groups -OCH3 is 1. The lowest BCUT2D eigenvalue weighted by Crippen LogP contribution is -2.34. The molecule has 3 N–H and O–H groups in total. The van der Waals surface area contributed by atoms with Crippen molar-refractivity contribution in [3.05, 3.63) is 24.3 Å². The van der Waals surface area contributed by atoms with E-state index in [9.17, 15) is 9.59 Å². The third-order valence-corrected chi connectivity index (χ3v) is 3.55. The number of carbonyl (C=O) groups excluding carboxylic acids is 2. The molecule has 20 heavy (non-hydrogen) atoms. The second kappa shape index (κ2) is 8.67. The van der Waals surface area contributed by atoms with Crippen molar-refractivity contribution in [1.82, 2.24) is 5.32 Å². The molecule has 1 aromatic rings. The molecule has 0 spiro atoms. The molecule has 0 aliphatic heterocycles. The molecular formula is C11H13N3O3S3. The molecule has 0 atom stereocenters. The van der Waals surface area contributed by atoms with E-state index < -0.39 is 6.09 Å². The van der Waals surface area contributed by atoms with Crippen molar-refractivity contribution < 1.29 is 14.3 Å². The minimum absolute atomic E-state index is 0.0797. The summed E-state index contributed by atoms with van der Waals surface area (Å²) in [4.78, 5) is 22.6. The summed E-state index contributed by atoms with van der Waals surface area (Å²) in [6, 6.07) is 7.01. The van der Waals surface area contributed by atoms with Crippen molar-refractivity contribution in [2.75, 3.05) is 24.0 Å². The van der Waals surface area contributed by atoms with Crippen LogP contribution in [-0.2, 0) is 4.74 Å². The van der Waals surface area contributed by atoms with Crippen LogP contribution in [0.1, 0.15) is 0 Å². The Morgan fingerprint density at radius 2 is 1.80 bits per heavy atom. The summed E-state index contributed by atoms with van der Waals surface area (Å²) in [6.07, 6.45) is 1.14. The van der Waals surface area contributed by atoms with Gasteiger partial charge < -0.3 is 15.4 Å². The van der Waals surface area contributed by atoms with Crippen molar-refractivity contribution in [2.24, 2.45) is 0 Å². The van der Waals surface area contributed by atoms with Crippen LogP contribution < -0.4 is 16.0 Å². The third kappa shape index (κ3) is 5.68. The minimum atomic E-state index is -0.665. The molecule has 0 saturated heterocycles. The largest absolute Gasteiger partial charge is 0.453 e. The summed E-state index contributed by atoms with van der Waals surface area (Å²) in [6.45, 7) is 0. The number of benzene rings is 1. The lowest BCUT2D eigenvalue weighted by atomic mass is 10.2. The monoisotopic (exact) mass is 331 g/mol. The topological polar surface area (TPSA) is 79.5 Å². The Kier molecular flexibility index (Phi) is 7.20. The molecule has 0 radical (unpaired) electrons. The highest BCUT2D eigenvalue weighted by Crippen LogP contribution is 2.25. The summed E-state index contributed by atoms with van der Waals surface area (Å²) in [5, 5.41) is 7.74. The highest BCUT2D eigenvalue weighted by molar-refractivity contribution is 8.82. The first-order valence-corrected chi connectivity index (χ1v) is 8.30. The predicted octanol–water partition coefficient (Wildman–Crippen LogP) is 3.28. The first-order valence-electron chi connectivity index (χ1n) is 5.33. The van der Waals surface area contributed by atoms with E-state index in [2.05, 4.69) is 20.7 Å². The van der Waals surface area contributed by atoms with Gasteiger partial charge in [0, 0.05) is 10.8 Å². The Hall–Kier alpha value is -1.45. The van der Waals surface area contributed by atoms with Gasteiger partial charge in [-0.25, -0.2) is 4.79 Å². The van der Waals surface area contributed by atoms with Gasteiger partial charge in [-0.15, -0.1) is 0 Å². The number of carbonyl (C=O) groups is 2. The second-order valence-electron chi connectivity index (χ2n) is 3.28. The molecule has 2 amide bonds. The van der Waals surface area contributed by atoms with Gasteiger partial charge in [0.15, 0.2) is 5.11 Å². The molecule has 9 heteroatoms. The number of rotatable bonds is 3. The Morgan fingerprint density at radius 3 is 2.35 bits per heavy atom. The number of hydrogen-bond acceptors (Lipinski definition) is 6. The first-order chi connectivity index (χ1) is 9.56. The molecule has 0 aromatic heterocycles. The molecule has 0 fully saturated rings. The molecule has 0 saturated carbocycles. The van der Waals surface area contributed by atoms with E-state index in [1.165, 1.54) is 17.9 Å². The van der Waals surface area contributed by atoms with E-state index in [1.807, 2.05) is 6.26 Å². The van der Waals surface area contributed by atoms with Crippen LogP contribution in [0.25, 0.3) is 0 Å². The summed E-state index contributed by atoms with van der Waals surface area (Å²) >= 11 is 4.96. The SMILES string of the molecule is COC(=O)NC(=S)Nc1ccccc1NC(=O)SSC. The van der Waals surface area contributed by atoms with Gasteiger partial charge in [0.2, 0.25) is 0 Å². The van der Waals surface area contributed by atoms with Gasteiger partial charge in [0.1, 0.15) is 0 Å². The Labute approximate surface area is 129 Å². The van der Waals surface area contributed by atoms with Crippen molar-refractivity contribution >= 4 is 61.6 Å². The number of hydrogen-bond donors (Lipinski definition) is 3. The number of alkyl carbamates (subject to hydrolysis) is 1. The number of anilines is 2. The van der Waals surface area contributed by atoms with Crippen LogP contribution in [0.5, 0.6) is 0 Å². The fourth-order valence-electron chi connectivity index (χ4n) is 1.20. The maximum atomic E-state index is 11.6. The van der Waals surface area contributed by atoms with E-state index in [1.54, 1.807) is 24.3 Å². The van der Waals surface area contributed by atoms with E-state index >= 15 is 0 Å². The van der Waals surface area contributed by atoms with Crippen molar-refractivity contribution in [2.45, 2.75) is 0 Å². The van der Waals surface area contributed by atoms with Gasteiger partial charge in [-0.2, -0.15) is 0 Å². The van der Waals surface area contributed by atoms with Crippen LogP contribution in [0.3, 0.4) is 0 Å². The van der Waals surface area contributed by atoms with E-state index in [-0.39, 0.29) is 10.4 Å². The number of amides is 2. The maximum Gasteiger partial charge on any atom is 0.413 e. The molecule has 6 nitrogen and oxygen atoms in total. The lowest BCUT2D eigenvalue weighted by Gasteiger charge is -2.13. The number of para-hydroxylation sites is 2. The van der Waals surface area contributed by atoms with E-state index in [4.69, 9.17) is 12.2 Å². The fourth-order valence-corrected chi connectivity index (χ4v) is 2.28. The molecular weight excluding hydrogens is 318 g/mol. The van der Waals surface area contributed by atoms with Crippen molar-refractivity contribution in [3.8, 4) is 0 Å². The van der Waals surface area contributed by atoms with Gasteiger partial charge in [-0.05, 0) is 30.6 Å².